The summed E-state index contributed by atoms with van der Waals surface area (Å²) in [5.74, 6) is 0.530. The van der Waals surface area contributed by atoms with Crippen LogP contribution in [0.25, 0.3) is 0 Å². The molecule has 0 aromatic heterocycles. The smallest absolute Gasteiger partial charge is 0.146 e. The minimum atomic E-state index is -2.00. The third-order valence-electron chi connectivity index (χ3n) is 3.12. The zero-order valence-electron chi connectivity index (χ0n) is 10.3. The van der Waals surface area contributed by atoms with Crippen molar-refractivity contribution in [3.63, 3.8) is 0 Å². The van der Waals surface area contributed by atoms with E-state index in [-0.39, 0.29) is 0 Å². The van der Waals surface area contributed by atoms with Crippen molar-refractivity contribution in [3.8, 4) is 0 Å². The molecule has 0 fully saturated rings. The third kappa shape index (κ3) is 5.07. The molecule has 1 unspecified atom stereocenters. The maximum Gasteiger partial charge on any atom is 0.251 e. The second kappa shape index (κ2) is 6.88. The first-order valence-electron chi connectivity index (χ1n) is 6.29. The van der Waals surface area contributed by atoms with Crippen LogP contribution in [-0.2, 0) is 0 Å². The van der Waals surface area contributed by atoms with Gasteiger partial charge in [0.1, 0.15) is 0 Å². The minimum Gasteiger partial charge on any atom is -0.146 e. The summed E-state index contributed by atoms with van der Waals surface area (Å²) in [5.41, 5.74) is 1.42. The Morgan fingerprint density at radius 3 is 2.69 bits per heavy atom. The summed E-state index contributed by atoms with van der Waals surface area (Å²) in [7, 11) is 0. The van der Waals surface area contributed by atoms with E-state index in [1.165, 1.54) is 24.8 Å². The van der Waals surface area contributed by atoms with Crippen molar-refractivity contribution < 1.29 is 0 Å². The molecule has 0 N–H and O–H groups in total. The maximum absolute atomic E-state index is 6.50. The Kier molecular flexibility index (Phi) is 6.16. The topological polar surface area (TPSA) is 0 Å². The summed E-state index contributed by atoms with van der Waals surface area (Å²) < 4.78 is 0. The molecule has 3 heteroatoms. The van der Waals surface area contributed by atoms with Gasteiger partial charge in [0.15, 0.2) is 0 Å². The molecule has 1 aliphatic rings. The van der Waals surface area contributed by atoms with E-state index >= 15 is 0 Å². The Morgan fingerprint density at radius 2 is 2.12 bits per heavy atom. The molecule has 16 heavy (non-hydrogen) atoms. The second-order valence-electron chi connectivity index (χ2n) is 4.76. The summed E-state index contributed by atoms with van der Waals surface area (Å²) in [6, 6.07) is 2.04. The van der Waals surface area contributed by atoms with E-state index < -0.39 is 6.69 Å². The molecule has 0 aliphatic heterocycles. The first kappa shape index (κ1) is 14.3. The number of unbranched alkanes of at least 4 members (excludes halogenated alkanes) is 2. The van der Waals surface area contributed by atoms with Crippen LogP contribution in [0, 0.1) is 5.92 Å². The first-order chi connectivity index (χ1) is 7.55. The lowest BCUT2D eigenvalue weighted by molar-refractivity contribution is 0.747. The summed E-state index contributed by atoms with van der Waals surface area (Å²) in [6.07, 6.45) is 11.5. The highest BCUT2D eigenvalue weighted by Gasteiger charge is 2.30. The van der Waals surface area contributed by atoms with Crippen LogP contribution in [-0.4, -0.2) is 6.69 Å². The normalized spacial score (nSPS) is 17.6. The predicted molar refractivity (Wildman–Crippen MR) is 77.6 cm³/mol. The number of allylic oxidation sites excluding steroid dienone is 4. The molecule has 0 aromatic rings. The van der Waals surface area contributed by atoms with Gasteiger partial charge in [0, 0.05) is 0 Å². The average Bonchev–Trinajstić information content (AvgIpc) is 2.69. The fourth-order valence-corrected chi connectivity index (χ4v) is 6.44. The lowest BCUT2D eigenvalue weighted by atomic mass is 10.1. The van der Waals surface area contributed by atoms with Crippen LogP contribution in [0.1, 0.15) is 39.5 Å². The molecule has 1 rings (SSSR count). The third-order valence-corrected chi connectivity index (χ3v) is 7.47. The predicted octanol–water partition coefficient (Wildman–Crippen LogP) is 5.62. The molecule has 0 nitrogen and oxygen atoms in total. The number of rotatable bonds is 7. The van der Waals surface area contributed by atoms with Gasteiger partial charge in [0.05, 0.1) is 0 Å². The fourth-order valence-electron chi connectivity index (χ4n) is 2.14. The maximum atomic E-state index is 6.50. The lowest BCUT2D eigenvalue weighted by Crippen LogP contribution is -2.22. The molecule has 0 saturated heterocycles. The highest BCUT2D eigenvalue weighted by atomic mass is 35.7. The van der Waals surface area contributed by atoms with E-state index in [0.717, 1.165) is 18.5 Å². The molecule has 1 atom stereocenters. The SMILES string of the molecule is CCCCC[Si](Cl)(Cl)CC(C)C1=CCC=C1. The van der Waals surface area contributed by atoms with Gasteiger partial charge in [0.2, 0.25) is 0 Å². The summed E-state index contributed by atoms with van der Waals surface area (Å²) >= 11 is 13.0. The van der Waals surface area contributed by atoms with Crippen LogP contribution in [0.3, 0.4) is 0 Å². The van der Waals surface area contributed by atoms with Crippen molar-refractivity contribution in [2.24, 2.45) is 5.92 Å². The highest BCUT2D eigenvalue weighted by Crippen LogP contribution is 2.35. The van der Waals surface area contributed by atoms with Gasteiger partial charge < -0.3 is 0 Å². The zero-order valence-corrected chi connectivity index (χ0v) is 12.8. The lowest BCUT2D eigenvalue weighted by Gasteiger charge is -2.21. The van der Waals surface area contributed by atoms with Gasteiger partial charge in [0.25, 0.3) is 6.69 Å². The van der Waals surface area contributed by atoms with Crippen molar-refractivity contribution in [1.29, 1.82) is 0 Å². The summed E-state index contributed by atoms with van der Waals surface area (Å²) in [4.78, 5) is 0. The molecular formula is C13H22Cl2Si. The molecule has 0 bridgehead atoms. The van der Waals surface area contributed by atoms with Gasteiger partial charge in [-0.05, 0) is 30.0 Å². The summed E-state index contributed by atoms with van der Waals surface area (Å²) in [6.45, 7) is 2.45. The quantitative estimate of drug-likeness (QED) is 0.322. The molecular weight excluding hydrogens is 255 g/mol. The second-order valence-corrected chi connectivity index (χ2v) is 12.3. The van der Waals surface area contributed by atoms with Crippen LogP contribution < -0.4 is 0 Å². The van der Waals surface area contributed by atoms with Crippen LogP contribution in [0.4, 0.5) is 0 Å². The van der Waals surface area contributed by atoms with Crippen molar-refractivity contribution >= 4 is 28.9 Å². The van der Waals surface area contributed by atoms with Gasteiger partial charge in [-0.1, -0.05) is 51.3 Å². The minimum absolute atomic E-state index is 0.530. The monoisotopic (exact) mass is 276 g/mol. The standard InChI is InChI=1S/C13H22Cl2Si/c1-3-4-7-10-16(14,15)11-12(2)13-8-5-6-9-13/h5,8-9,12H,3-4,6-7,10-11H2,1-2H3. The molecule has 0 amide bonds. The molecule has 0 spiro atoms. The van der Waals surface area contributed by atoms with Crippen molar-refractivity contribution in [3.05, 3.63) is 23.8 Å². The molecule has 0 radical (unpaired) electrons. The summed E-state index contributed by atoms with van der Waals surface area (Å²) in [5, 5.41) is 0. The van der Waals surface area contributed by atoms with E-state index in [0.29, 0.717) is 5.92 Å². The van der Waals surface area contributed by atoms with Crippen LogP contribution >= 0.6 is 22.2 Å². The van der Waals surface area contributed by atoms with Gasteiger partial charge in [-0.15, -0.1) is 22.2 Å². The van der Waals surface area contributed by atoms with Crippen LogP contribution in [0.15, 0.2) is 23.8 Å². The number of halogens is 2. The van der Waals surface area contributed by atoms with E-state index in [9.17, 15) is 0 Å². The molecule has 0 heterocycles. The van der Waals surface area contributed by atoms with Gasteiger partial charge >= 0.3 is 0 Å². The van der Waals surface area contributed by atoms with Crippen LogP contribution in [0.5, 0.6) is 0 Å². The Balaban J connectivity index is 2.35. The van der Waals surface area contributed by atoms with Gasteiger partial charge in [-0.2, -0.15) is 0 Å². The Bertz CT molecular complexity index is 269. The van der Waals surface area contributed by atoms with Gasteiger partial charge in [-0.25, -0.2) is 0 Å². The molecule has 0 saturated carbocycles. The first-order valence-corrected chi connectivity index (χ1v) is 10.7. The van der Waals surface area contributed by atoms with E-state index in [4.69, 9.17) is 22.2 Å². The fraction of sp³-hybridized carbons (Fsp3) is 0.692. The van der Waals surface area contributed by atoms with Crippen LogP contribution in [0.2, 0.25) is 12.1 Å². The number of hydrogen-bond acceptors (Lipinski definition) is 0. The highest BCUT2D eigenvalue weighted by molar-refractivity contribution is 7.45. The van der Waals surface area contributed by atoms with Crippen molar-refractivity contribution in [1.82, 2.24) is 0 Å². The Labute approximate surface area is 110 Å². The molecule has 0 aromatic carbocycles. The van der Waals surface area contributed by atoms with E-state index in [1.807, 2.05) is 0 Å². The Hall–Kier alpha value is 0.277. The molecule has 1 aliphatic carbocycles. The molecule has 92 valence electrons. The average molecular weight is 277 g/mol. The van der Waals surface area contributed by atoms with Crippen molar-refractivity contribution in [2.75, 3.05) is 0 Å². The zero-order chi connectivity index (χ0) is 12.0. The van der Waals surface area contributed by atoms with Gasteiger partial charge in [-0.3, -0.25) is 0 Å². The Morgan fingerprint density at radius 1 is 1.38 bits per heavy atom. The van der Waals surface area contributed by atoms with E-state index in [1.54, 1.807) is 0 Å². The largest absolute Gasteiger partial charge is 0.251 e. The van der Waals surface area contributed by atoms with E-state index in [2.05, 4.69) is 32.1 Å². The van der Waals surface area contributed by atoms with Crippen molar-refractivity contribution in [2.45, 2.75) is 51.6 Å². The number of hydrogen-bond donors (Lipinski definition) is 0.